The van der Waals surface area contributed by atoms with Crippen molar-refractivity contribution in [2.75, 3.05) is 0 Å². The molecule has 0 radical (unpaired) electrons. The van der Waals surface area contributed by atoms with Gasteiger partial charge >= 0.3 is 0 Å². The molecule has 1 atom stereocenters. The lowest BCUT2D eigenvalue weighted by atomic mass is 10.2. The molecule has 5 heteroatoms. The van der Waals surface area contributed by atoms with E-state index < -0.39 is 0 Å². The Kier molecular flexibility index (Phi) is 3.92. The van der Waals surface area contributed by atoms with E-state index in [9.17, 15) is 4.39 Å². The van der Waals surface area contributed by atoms with E-state index in [0.717, 1.165) is 20.2 Å². The topological polar surface area (TPSA) is 17.8 Å². The molecule has 0 amide bonds. The summed E-state index contributed by atoms with van der Waals surface area (Å²) < 4.78 is 17.3. The monoisotopic (exact) mass is 414 g/mol. The molecule has 108 valence electrons. The van der Waals surface area contributed by atoms with Crippen LogP contribution in [0, 0.1) is 16.3 Å². The average Bonchev–Trinajstić information content (AvgIpc) is 2.77. The summed E-state index contributed by atoms with van der Waals surface area (Å²) in [6.07, 6.45) is 0. The van der Waals surface area contributed by atoms with Crippen molar-refractivity contribution in [3.8, 4) is 5.69 Å². The smallest absolute Gasteiger partial charge is 0.147 e. The highest BCUT2D eigenvalue weighted by Gasteiger charge is 2.18. The molecule has 21 heavy (non-hydrogen) atoms. The molecular weight excluding hydrogens is 402 g/mol. The van der Waals surface area contributed by atoms with Gasteiger partial charge in [0.1, 0.15) is 11.6 Å². The molecule has 0 saturated carbocycles. The Morgan fingerprint density at radius 3 is 2.67 bits per heavy atom. The molecule has 3 rings (SSSR count). The van der Waals surface area contributed by atoms with Crippen LogP contribution < -0.4 is 0 Å². The molecular formula is C16H13ClFIN2. The minimum Gasteiger partial charge on any atom is -0.292 e. The van der Waals surface area contributed by atoms with E-state index in [2.05, 4.69) is 27.6 Å². The number of aromatic nitrogens is 2. The molecule has 0 fully saturated rings. The second-order valence-electron chi connectivity index (χ2n) is 5.01. The number of hydrogen-bond acceptors (Lipinski definition) is 1. The van der Waals surface area contributed by atoms with Crippen LogP contribution in [0.2, 0.25) is 0 Å². The molecule has 0 aliphatic rings. The van der Waals surface area contributed by atoms with Crippen LogP contribution in [0.4, 0.5) is 4.39 Å². The van der Waals surface area contributed by atoms with Crippen LogP contribution in [-0.2, 0) is 0 Å². The van der Waals surface area contributed by atoms with E-state index >= 15 is 0 Å². The summed E-state index contributed by atoms with van der Waals surface area (Å²) in [7, 11) is 0. The highest BCUT2D eigenvalue weighted by atomic mass is 127. The van der Waals surface area contributed by atoms with Gasteiger partial charge < -0.3 is 0 Å². The van der Waals surface area contributed by atoms with Crippen molar-refractivity contribution in [1.29, 1.82) is 0 Å². The van der Waals surface area contributed by atoms with E-state index in [-0.39, 0.29) is 11.2 Å². The normalized spacial score (nSPS) is 12.8. The quantitative estimate of drug-likeness (QED) is 0.407. The molecule has 0 saturated heterocycles. The van der Waals surface area contributed by atoms with Gasteiger partial charge in [-0.05, 0) is 72.3 Å². The molecule has 0 spiro atoms. The first-order chi connectivity index (χ1) is 9.97. The van der Waals surface area contributed by atoms with Crippen LogP contribution in [0.1, 0.15) is 23.7 Å². The van der Waals surface area contributed by atoms with Gasteiger partial charge in [0.25, 0.3) is 0 Å². The van der Waals surface area contributed by atoms with Gasteiger partial charge in [0.15, 0.2) is 0 Å². The van der Waals surface area contributed by atoms with Crippen molar-refractivity contribution >= 4 is 45.2 Å². The zero-order chi connectivity index (χ0) is 15.1. The summed E-state index contributed by atoms with van der Waals surface area (Å²) in [4.78, 5) is 4.57. The van der Waals surface area contributed by atoms with Gasteiger partial charge in [-0.25, -0.2) is 9.37 Å². The Bertz CT molecular complexity index is 827. The number of fused-ring (bicyclic) bond motifs is 1. The fourth-order valence-electron chi connectivity index (χ4n) is 2.39. The Morgan fingerprint density at radius 2 is 2.00 bits per heavy atom. The van der Waals surface area contributed by atoms with Crippen LogP contribution in [0.15, 0.2) is 36.4 Å². The third kappa shape index (κ3) is 2.66. The second-order valence-corrected chi connectivity index (χ2v) is 6.91. The van der Waals surface area contributed by atoms with Crippen molar-refractivity contribution in [3.63, 3.8) is 0 Å². The maximum Gasteiger partial charge on any atom is 0.147 e. The molecule has 1 heterocycles. The molecule has 1 unspecified atom stereocenters. The van der Waals surface area contributed by atoms with Crippen LogP contribution in [0.3, 0.4) is 0 Å². The minimum absolute atomic E-state index is 0.272. The molecule has 2 aromatic carbocycles. The number of rotatable bonds is 2. The van der Waals surface area contributed by atoms with Crippen molar-refractivity contribution in [2.24, 2.45) is 0 Å². The van der Waals surface area contributed by atoms with E-state index in [1.54, 1.807) is 10.6 Å². The SMILES string of the molecule is Cc1ccc(-n2c(C(C)Cl)nc3cc(I)ccc32)c(F)c1. The molecule has 0 N–H and O–H groups in total. The number of nitrogens with zero attached hydrogens (tertiary/aromatic N) is 2. The van der Waals surface area contributed by atoms with E-state index in [0.29, 0.717) is 11.5 Å². The van der Waals surface area contributed by atoms with Gasteiger partial charge in [-0.2, -0.15) is 0 Å². The lowest BCUT2D eigenvalue weighted by molar-refractivity contribution is 0.615. The summed E-state index contributed by atoms with van der Waals surface area (Å²) in [5.41, 5.74) is 3.05. The standard InChI is InChI=1S/C16H13ClFIN2/c1-9-3-5-14(12(18)7-9)21-15-6-4-11(19)8-13(15)20-16(21)10(2)17/h3-8,10H,1-2H3. The van der Waals surface area contributed by atoms with Crippen LogP contribution in [0.5, 0.6) is 0 Å². The maximum absolute atomic E-state index is 14.4. The van der Waals surface area contributed by atoms with Crippen LogP contribution >= 0.6 is 34.2 Å². The van der Waals surface area contributed by atoms with E-state index in [4.69, 9.17) is 11.6 Å². The van der Waals surface area contributed by atoms with E-state index in [1.165, 1.54) is 6.07 Å². The average molecular weight is 415 g/mol. The summed E-state index contributed by atoms with van der Waals surface area (Å²) in [6, 6.07) is 11.1. The highest BCUT2D eigenvalue weighted by molar-refractivity contribution is 14.1. The summed E-state index contributed by atoms with van der Waals surface area (Å²) in [6.45, 7) is 3.71. The Balaban J connectivity index is 2.36. The molecule has 0 bridgehead atoms. The Morgan fingerprint density at radius 1 is 1.24 bits per heavy atom. The largest absolute Gasteiger partial charge is 0.292 e. The first-order valence-electron chi connectivity index (χ1n) is 6.56. The third-order valence-electron chi connectivity index (χ3n) is 3.34. The van der Waals surface area contributed by atoms with Crippen LogP contribution in [0.25, 0.3) is 16.7 Å². The fraction of sp³-hybridized carbons (Fsp3) is 0.188. The predicted octanol–water partition coefficient (Wildman–Crippen LogP) is 5.38. The van der Waals surface area contributed by atoms with Gasteiger partial charge in [0, 0.05) is 3.57 Å². The Labute approximate surface area is 141 Å². The lowest BCUT2D eigenvalue weighted by Gasteiger charge is -2.12. The molecule has 0 aliphatic heterocycles. The number of alkyl halides is 1. The van der Waals surface area contributed by atoms with Gasteiger partial charge in [0.2, 0.25) is 0 Å². The highest BCUT2D eigenvalue weighted by Crippen LogP contribution is 2.30. The number of imidazole rings is 1. The summed E-state index contributed by atoms with van der Waals surface area (Å²) in [5, 5.41) is -0.309. The van der Waals surface area contributed by atoms with Crippen molar-refractivity contribution < 1.29 is 4.39 Å². The van der Waals surface area contributed by atoms with Gasteiger partial charge in [-0.3, -0.25) is 4.57 Å². The van der Waals surface area contributed by atoms with Gasteiger partial charge in [0.05, 0.1) is 22.1 Å². The van der Waals surface area contributed by atoms with Crippen molar-refractivity contribution in [3.05, 3.63) is 57.2 Å². The zero-order valence-electron chi connectivity index (χ0n) is 11.6. The Hall–Kier alpha value is -1.14. The van der Waals surface area contributed by atoms with E-state index in [1.807, 2.05) is 38.1 Å². The van der Waals surface area contributed by atoms with Gasteiger partial charge in [-0.15, -0.1) is 11.6 Å². The summed E-state index contributed by atoms with van der Waals surface area (Å²) >= 11 is 8.48. The molecule has 3 aromatic rings. The van der Waals surface area contributed by atoms with Gasteiger partial charge in [-0.1, -0.05) is 6.07 Å². The second kappa shape index (κ2) is 5.57. The zero-order valence-corrected chi connectivity index (χ0v) is 14.5. The number of hydrogen-bond donors (Lipinski definition) is 0. The summed E-state index contributed by atoms with van der Waals surface area (Å²) in [5.74, 6) is 0.378. The first kappa shape index (κ1) is 14.8. The first-order valence-corrected chi connectivity index (χ1v) is 8.07. The molecule has 2 nitrogen and oxygen atoms in total. The van der Waals surface area contributed by atoms with Crippen molar-refractivity contribution in [1.82, 2.24) is 9.55 Å². The fourth-order valence-corrected chi connectivity index (χ4v) is 3.01. The van der Waals surface area contributed by atoms with Crippen molar-refractivity contribution in [2.45, 2.75) is 19.2 Å². The lowest BCUT2D eigenvalue weighted by Crippen LogP contribution is -2.04. The molecule has 0 aliphatic carbocycles. The number of benzene rings is 2. The maximum atomic E-state index is 14.4. The predicted molar refractivity (Wildman–Crippen MR) is 92.8 cm³/mol. The minimum atomic E-state index is -0.309. The third-order valence-corrected chi connectivity index (χ3v) is 4.21. The number of aryl methyl sites for hydroxylation is 1. The molecule has 1 aromatic heterocycles. The van der Waals surface area contributed by atoms with Crippen LogP contribution in [-0.4, -0.2) is 9.55 Å². The number of halogens is 3.